The Balaban J connectivity index is 2.12. The van der Waals surface area contributed by atoms with Gasteiger partial charge in [0.1, 0.15) is 0 Å². The van der Waals surface area contributed by atoms with Crippen molar-refractivity contribution in [3.63, 3.8) is 0 Å². The Labute approximate surface area is 107 Å². The summed E-state index contributed by atoms with van der Waals surface area (Å²) in [6.45, 7) is 7.93. The zero-order chi connectivity index (χ0) is 12.7. The monoisotopic (exact) mass is 242 g/mol. The van der Waals surface area contributed by atoms with Crippen molar-refractivity contribution in [3.8, 4) is 0 Å². The Hall–Kier alpha value is -0.120. The van der Waals surface area contributed by atoms with E-state index in [4.69, 9.17) is 0 Å². The molecule has 1 aliphatic rings. The number of aliphatic hydroxyl groups is 1. The Bertz CT molecular complexity index is 206. The number of hydrogen-bond acceptors (Lipinski definition) is 3. The van der Waals surface area contributed by atoms with Crippen molar-refractivity contribution < 1.29 is 5.11 Å². The predicted octanol–water partition coefficient (Wildman–Crippen LogP) is 1.86. The lowest BCUT2D eigenvalue weighted by atomic mass is 9.96. The summed E-state index contributed by atoms with van der Waals surface area (Å²) in [6, 6.07) is 0. The van der Waals surface area contributed by atoms with Crippen LogP contribution in [0.5, 0.6) is 0 Å². The van der Waals surface area contributed by atoms with Gasteiger partial charge in [0.25, 0.3) is 0 Å². The van der Waals surface area contributed by atoms with Gasteiger partial charge < -0.3 is 15.3 Å². The van der Waals surface area contributed by atoms with E-state index in [1.807, 2.05) is 0 Å². The van der Waals surface area contributed by atoms with E-state index in [9.17, 15) is 5.11 Å². The number of nitrogens with one attached hydrogen (secondary N) is 1. The maximum Gasteiger partial charge on any atom is 0.0610 e. The first kappa shape index (κ1) is 14.9. The second-order valence-corrected chi connectivity index (χ2v) is 5.95. The fourth-order valence-electron chi connectivity index (χ4n) is 2.22. The highest BCUT2D eigenvalue weighted by Crippen LogP contribution is 2.29. The third kappa shape index (κ3) is 6.39. The molecule has 0 spiro atoms. The summed E-state index contributed by atoms with van der Waals surface area (Å²) in [7, 11) is 2.22. The van der Waals surface area contributed by atoms with Crippen LogP contribution in [0.1, 0.15) is 46.0 Å². The van der Waals surface area contributed by atoms with Crippen molar-refractivity contribution in [2.24, 2.45) is 5.92 Å². The maximum atomic E-state index is 9.46. The Morgan fingerprint density at radius 1 is 1.41 bits per heavy atom. The van der Waals surface area contributed by atoms with Crippen LogP contribution in [0.3, 0.4) is 0 Å². The van der Waals surface area contributed by atoms with E-state index in [0.717, 1.165) is 38.3 Å². The highest BCUT2D eigenvalue weighted by Gasteiger charge is 2.24. The minimum absolute atomic E-state index is 0.0869. The highest BCUT2D eigenvalue weighted by molar-refractivity contribution is 4.82. The van der Waals surface area contributed by atoms with Gasteiger partial charge >= 0.3 is 0 Å². The minimum Gasteiger partial charge on any atom is -0.394 e. The van der Waals surface area contributed by atoms with Crippen LogP contribution in [-0.2, 0) is 0 Å². The van der Waals surface area contributed by atoms with E-state index >= 15 is 0 Å². The summed E-state index contributed by atoms with van der Waals surface area (Å²) in [5.41, 5.74) is -0.0869. The average molecular weight is 242 g/mol. The van der Waals surface area contributed by atoms with Gasteiger partial charge in [0, 0.05) is 12.1 Å². The molecule has 3 nitrogen and oxygen atoms in total. The SMILES string of the molecule is CCCNC(C)(CO)CCCN(C)CC1CC1. The predicted molar refractivity (Wildman–Crippen MR) is 73.2 cm³/mol. The molecule has 102 valence electrons. The van der Waals surface area contributed by atoms with Crippen molar-refractivity contribution in [1.29, 1.82) is 0 Å². The fourth-order valence-corrected chi connectivity index (χ4v) is 2.22. The smallest absolute Gasteiger partial charge is 0.0610 e. The molecule has 0 bridgehead atoms. The van der Waals surface area contributed by atoms with Crippen LogP contribution in [0, 0.1) is 5.92 Å². The van der Waals surface area contributed by atoms with Crippen molar-refractivity contribution in [2.45, 2.75) is 51.5 Å². The van der Waals surface area contributed by atoms with Gasteiger partial charge in [0.05, 0.1) is 6.61 Å². The van der Waals surface area contributed by atoms with Crippen molar-refractivity contribution in [1.82, 2.24) is 10.2 Å². The van der Waals surface area contributed by atoms with Gasteiger partial charge in [-0.3, -0.25) is 0 Å². The zero-order valence-corrected chi connectivity index (χ0v) is 11.8. The topological polar surface area (TPSA) is 35.5 Å². The molecule has 1 atom stereocenters. The molecule has 1 aliphatic carbocycles. The number of nitrogens with zero attached hydrogens (tertiary/aromatic N) is 1. The minimum atomic E-state index is -0.0869. The molecule has 0 heterocycles. The number of aliphatic hydroxyl groups excluding tert-OH is 1. The van der Waals surface area contributed by atoms with Crippen molar-refractivity contribution in [3.05, 3.63) is 0 Å². The van der Waals surface area contributed by atoms with Crippen molar-refractivity contribution in [2.75, 3.05) is 33.3 Å². The molecular formula is C14H30N2O. The molecule has 0 aromatic rings. The Morgan fingerprint density at radius 3 is 2.65 bits per heavy atom. The number of rotatable bonds is 10. The lowest BCUT2D eigenvalue weighted by Gasteiger charge is -2.29. The van der Waals surface area contributed by atoms with E-state index < -0.39 is 0 Å². The Morgan fingerprint density at radius 2 is 2.12 bits per heavy atom. The molecule has 1 rings (SSSR count). The van der Waals surface area contributed by atoms with E-state index in [2.05, 4.69) is 31.1 Å². The molecule has 17 heavy (non-hydrogen) atoms. The largest absolute Gasteiger partial charge is 0.394 e. The molecule has 1 fully saturated rings. The third-order valence-corrected chi connectivity index (χ3v) is 3.69. The molecule has 2 N–H and O–H groups in total. The van der Waals surface area contributed by atoms with Gasteiger partial charge in [-0.15, -0.1) is 0 Å². The van der Waals surface area contributed by atoms with Crippen LogP contribution in [-0.4, -0.2) is 48.8 Å². The normalized spacial score (nSPS) is 19.6. The van der Waals surface area contributed by atoms with Gasteiger partial charge in [-0.1, -0.05) is 6.92 Å². The quantitative estimate of drug-likeness (QED) is 0.614. The lowest BCUT2D eigenvalue weighted by Crippen LogP contribution is -2.46. The molecule has 3 heteroatoms. The first-order valence-corrected chi connectivity index (χ1v) is 7.14. The standard InChI is InChI=1S/C14H30N2O/c1-4-9-15-14(2,12-17)8-5-10-16(3)11-13-6-7-13/h13,15,17H,4-12H2,1-3H3. The molecule has 0 amide bonds. The molecule has 0 aromatic heterocycles. The van der Waals surface area contributed by atoms with Crippen LogP contribution >= 0.6 is 0 Å². The highest BCUT2D eigenvalue weighted by atomic mass is 16.3. The molecule has 0 radical (unpaired) electrons. The van der Waals surface area contributed by atoms with Crippen molar-refractivity contribution >= 4 is 0 Å². The van der Waals surface area contributed by atoms with Gasteiger partial charge in [-0.05, 0) is 65.1 Å². The van der Waals surface area contributed by atoms with Crippen LogP contribution in [0.4, 0.5) is 0 Å². The third-order valence-electron chi connectivity index (χ3n) is 3.69. The maximum absolute atomic E-state index is 9.46. The summed E-state index contributed by atoms with van der Waals surface area (Å²) in [5.74, 6) is 0.974. The molecule has 1 unspecified atom stereocenters. The summed E-state index contributed by atoms with van der Waals surface area (Å²) >= 11 is 0. The van der Waals surface area contributed by atoms with E-state index in [0.29, 0.717) is 0 Å². The summed E-state index contributed by atoms with van der Waals surface area (Å²) in [5, 5.41) is 12.9. The molecule has 0 aromatic carbocycles. The fraction of sp³-hybridized carbons (Fsp3) is 1.00. The first-order chi connectivity index (χ1) is 8.09. The summed E-state index contributed by atoms with van der Waals surface area (Å²) in [6.07, 6.45) is 6.19. The number of hydrogen-bond donors (Lipinski definition) is 2. The zero-order valence-electron chi connectivity index (χ0n) is 11.8. The van der Waals surface area contributed by atoms with Gasteiger partial charge in [0.15, 0.2) is 0 Å². The lowest BCUT2D eigenvalue weighted by molar-refractivity contribution is 0.158. The summed E-state index contributed by atoms with van der Waals surface area (Å²) < 4.78 is 0. The van der Waals surface area contributed by atoms with E-state index in [-0.39, 0.29) is 12.1 Å². The molecular weight excluding hydrogens is 212 g/mol. The van der Waals surface area contributed by atoms with Crippen LogP contribution < -0.4 is 5.32 Å². The van der Waals surface area contributed by atoms with E-state index in [1.54, 1.807) is 0 Å². The molecule has 0 saturated heterocycles. The van der Waals surface area contributed by atoms with Gasteiger partial charge in [-0.2, -0.15) is 0 Å². The first-order valence-electron chi connectivity index (χ1n) is 7.14. The molecule has 0 aliphatic heterocycles. The Kier molecular flexibility index (Phi) is 6.45. The van der Waals surface area contributed by atoms with Gasteiger partial charge in [-0.25, -0.2) is 0 Å². The molecule has 1 saturated carbocycles. The summed E-state index contributed by atoms with van der Waals surface area (Å²) in [4.78, 5) is 2.44. The van der Waals surface area contributed by atoms with Crippen LogP contribution in [0.25, 0.3) is 0 Å². The van der Waals surface area contributed by atoms with Crippen LogP contribution in [0.15, 0.2) is 0 Å². The van der Waals surface area contributed by atoms with Crippen LogP contribution in [0.2, 0.25) is 0 Å². The van der Waals surface area contributed by atoms with Gasteiger partial charge in [0.2, 0.25) is 0 Å². The second kappa shape index (κ2) is 7.34. The average Bonchev–Trinajstić information content (AvgIpc) is 3.10. The second-order valence-electron chi connectivity index (χ2n) is 5.95. The van der Waals surface area contributed by atoms with E-state index in [1.165, 1.54) is 19.4 Å².